The van der Waals surface area contributed by atoms with Crippen molar-refractivity contribution in [3.05, 3.63) is 30.6 Å². The number of nitrogens with one attached hydrogen (secondary N) is 1. The van der Waals surface area contributed by atoms with Crippen molar-refractivity contribution in [1.29, 1.82) is 0 Å². The fourth-order valence-electron chi connectivity index (χ4n) is 2.10. The van der Waals surface area contributed by atoms with Gasteiger partial charge in [0.1, 0.15) is 12.1 Å². The molecule has 2 N–H and O–H groups in total. The molecule has 0 amide bonds. The highest BCUT2D eigenvalue weighted by molar-refractivity contribution is 5.88. The summed E-state index contributed by atoms with van der Waals surface area (Å²) >= 11 is 0. The highest BCUT2D eigenvalue weighted by atomic mass is 16.4. The number of benzene rings is 1. The summed E-state index contributed by atoms with van der Waals surface area (Å²) in [5.41, 5.74) is 0.920. The van der Waals surface area contributed by atoms with Crippen LogP contribution in [0.25, 0.3) is 10.9 Å². The Morgan fingerprint density at radius 1 is 1.30 bits per heavy atom. The van der Waals surface area contributed by atoms with Crippen LogP contribution in [0.4, 0.5) is 5.82 Å². The third-order valence-electron chi connectivity index (χ3n) is 3.32. The van der Waals surface area contributed by atoms with E-state index in [-0.39, 0.29) is 6.42 Å². The maximum absolute atomic E-state index is 10.5. The van der Waals surface area contributed by atoms with Gasteiger partial charge in [-0.2, -0.15) is 0 Å². The number of rotatable bonds is 7. The molecule has 0 bridgehead atoms. The van der Waals surface area contributed by atoms with Gasteiger partial charge < -0.3 is 10.4 Å². The molecule has 1 atom stereocenters. The molecule has 1 aromatic heterocycles. The van der Waals surface area contributed by atoms with E-state index in [1.54, 1.807) is 6.33 Å². The zero-order chi connectivity index (χ0) is 14.4. The van der Waals surface area contributed by atoms with E-state index in [1.807, 2.05) is 24.3 Å². The van der Waals surface area contributed by atoms with Crippen molar-refractivity contribution in [2.24, 2.45) is 5.92 Å². The van der Waals surface area contributed by atoms with Crippen molar-refractivity contribution in [3.63, 3.8) is 0 Å². The molecule has 5 nitrogen and oxygen atoms in total. The van der Waals surface area contributed by atoms with E-state index in [0.717, 1.165) is 29.7 Å². The average molecular weight is 273 g/mol. The predicted octanol–water partition coefficient (Wildman–Crippen LogP) is 2.93. The van der Waals surface area contributed by atoms with Gasteiger partial charge in [-0.05, 0) is 30.9 Å². The molecule has 0 aliphatic heterocycles. The minimum absolute atomic E-state index is 0.234. The number of hydrogen-bond acceptors (Lipinski definition) is 4. The van der Waals surface area contributed by atoms with Crippen LogP contribution < -0.4 is 5.32 Å². The molecule has 5 heteroatoms. The van der Waals surface area contributed by atoms with Crippen LogP contribution >= 0.6 is 0 Å². The Bertz CT molecular complexity index is 581. The Morgan fingerprint density at radius 2 is 2.10 bits per heavy atom. The third-order valence-corrected chi connectivity index (χ3v) is 3.32. The molecule has 1 unspecified atom stereocenters. The molecule has 106 valence electrons. The maximum atomic E-state index is 10.5. The molecular weight excluding hydrogens is 254 g/mol. The molecule has 0 saturated carbocycles. The van der Waals surface area contributed by atoms with Gasteiger partial charge in [-0.25, -0.2) is 9.97 Å². The third kappa shape index (κ3) is 3.91. The lowest BCUT2D eigenvalue weighted by molar-refractivity contribution is -0.137. The van der Waals surface area contributed by atoms with Gasteiger partial charge >= 0.3 is 5.97 Å². The van der Waals surface area contributed by atoms with Gasteiger partial charge in [-0.3, -0.25) is 4.79 Å². The smallest absolute Gasteiger partial charge is 0.303 e. The number of hydrogen-bond donors (Lipinski definition) is 2. The number of carboxylic acid groups (broad SMARTS) is 1. The first-order chi connectivity index (χ1) is 9.66. The summed E-state index contributed by atoms with van der Waals surface area (Å²) in [4.78, 5) is 19.0. The largest absolute Gasteiger partial charge is 0.481 e. The van der Waals surface area contributed by atoms with Crippen molar-refractivity contribution in [1.82, 2.24) is 9.97 Å². The van der Waals surface area contributed by atoms with E-state index in [2.05, 4.69) is 22.2 Å². The van der Waals surface area contributed by atoms with Crippen LogP contribution in [-0.2, 0) is 4.79 Å². The van der Waals surface area contributed by atoms with Crippen LogP contribution in [0, 0.1) is 5.92 Å². The molecule has 1 aromatic carbocycles. The molecular formula is C15H19N3O2. The minimum atomic E-state index is -0.730. The second-order valence-corrected chi connectivity index (χ2v) is 4.99. The van der Waals surface area contributed by atoms with Crippen LogP contribution in [0.15, 0.2) is 30.6 Å². The molecule has 1 heterocycles. The van der Waals surface area contributed by atoms with Crippen molar-refractivity contribution >= 4 is 22.7 Å². The molecule has 0 saturated heterocycles. The lowest BCUT2D eigenvalue weighted by atomic mass is 10.0. The van der Waals surface area contributed by atoms with E-state index >= 15 is 0 Å². The van der Waals surface area contributed by atoms with E-state index in [4.69, 9.17) is 5.11 Å². The molecule has 20 heavy (non-hydrogen) atoms. The fraction of sp³-hybridized carbons (Fsp3) is 0.400. The van der Waals surface area contributed by atoms with Gasteiger partial charge in [0.15, 0.2) is 0 Å². The first-order valence-electron chi connectivity index (χ1n) is 6.82. The number of carbonyl (C=O) groups is 1. The van der Waals surface area contributed by atoms with Crippen molar-refractivity contribution in [2.45, 2.75) is 26.2 Å². The van der Waals surface area contributed by atoms with E-state index in [1.165, 1.54) is 0 Å². The minimum Gasteiger partial charge on any atom is -0.481 e. The monoisotopic (exact) mass is 273 g/mol. The molecule has 0 radical (unpaired) electrons. The lowest BCUT2D eigenvalue weighted by Crippen LogP contribution is -2.09. The molecule has 2 rings (SSSR count). The first kappa shape index (κ1) is 14.2. The molecule has 0 spiro atoms. The molecule has 2 aromatic rings. The second kappa shape index (κ2) is 6.84. The summed E-state index contributed by atoms with van der Waals surface area (Å²) in [6.07, 6.45) is 3.42. The van der Waals surface area contributed by atoms with Gasteiger partial charge in [-0.1, -0.05) is 19.1 Å². The SMILES string of the molecule is CC(CCNc1ncnc2ccccc12)CCC(=O)O. The number of fused-ring (bicyclic) bond motifs is 1. The number of carboxylic acids is 1. The van der Waals surface area contributed by atoms with Crippen LogP contribution in [0.5, 0.6) is 0 Å². The quantitative estimate of drug-likeness (QED) is 0.811. The highest BCUT2D eigenvalue weighted by Gasteiger charge is 2.06. The topological polar surface area (TPSA) is 75.1 Å². The highest BCUT2D eigenvalue weighted by Crippen LogP contribution is 2.19. The lowest BCUT2D eigenvalue weighted by Gasteiger charge is -2.12. The number of anilines is 1. The summed E-state index contributed by atoms with van der Waals surface area (Å²) in [6, 6.07) is 7.86. The van der Waals surface area contributed by atoms with E-state index in [9.17, 15) is 4.79 Å². The molecule has 0 aliphatic rings. The average Bonchev–Trinajstić information content (AvgIpc) is 2.45. The van der Waals surface area contributed by atoms with Crippen molar-refractivity contribution in [2.75, 3.05) is 11.9 Å². The van der Waals surface area contributed by atoms with Crippen LogP contribution in [0.2, 0.25) is 0 Å². The Morgan fingerprint density at radius 3 is 2.90 bits per heavy atom. The Kier molecular flexibility index (Phi) is 4.87. The predicted molar refractivity (Wildman–Crippen MR) is 78.7 cm³/mol. The van der Waals surface area contributed by atoms with Gasteiger partial charge in [0.2, 0.25) is 0 Å². The summed E-state index contributed by atoms with van der Waals surface area (Å²) in [7, 11) is 0. The van der Waals surface area contributed by atoms with Crippen molar-refractivity contribution in [3.8, 4) is 0 Å². The van der Waals surface area contributed by atoms with Gasteiger partial charge in [0, 0.05) is 18.4 Å². The summed E-state index contributed by atoms with van der Waals surface area (Å²) in [6.45, 7) is 2.85. The fourth-order valence-corrected chi connectivity index (χ4v) is 2.10. The number of aromatic nitrogens is 2. The summed E-state index contributed by atoms with van der Waals surface area (Å²) in [5, 5.41) is 13.0. The Hall–Kier alpha value is -2.17. The van der Waals surface area contributed by atoms with Gasteiger partial charge in [-0.15, -0.1) is 0 Å². The zero-order valence-corrected chi connectivity index (χ0v) is 11.5. The van der Waals surface area contributed by atoms with Gasteiger partial charge in [0.25, 0.3) is 0 Å². The van der Waals surface area contributed by atoms with E-state index < -0.39 is 5.97 Å². The normalized spacial score (nSPS) is 12.2. The zero-order valence-electron chi connectivity index (χ0n) is 11.5. The Labute approximate surface area is 118 Å². The maximum Gasteiger partial charge on any atom is 0.303 e. The van der Waals surface area contributed by atoms with Crippen LogP contribution in [-0.4, -0.2) is 27.6 Å². The summed E-state index contributed by atoms with van der Waals surface area (Å²) in [5.74, 6) is 0.485. The van der Waals surface area contributed by atoms with Crippen LogP contribution in [0.3, 0.4) is 0 Å². The van der Waals surface area contributed by atoms with Crippen molar-refractivity contribution < 1.29 is 9.90 Å². The first-order valence-corrected chi connectivity index (χ1v) is 6.82. The molecule has 0 fully saturated rings. The molecule has 0 aliphatic carbocycles. The summed E-state index contributed by atoms with van der Waals surface area (Å²) < 4.78 is 0. The number of nitrogens with zero attached hydrogens (tertiary/aromatic N) is 2. The number of aliphatic carboxylic acids is 1. The standard InChI is InChI=1S/C15H19N3O2/c1-11(6-7-14(19)20)8-9-16-15-12-4-2-3-5-13(12)17-10-18-15/h2-5,10-11H,6-9H2,1H3,(H,19,20)(H,16,17,18). The second-order valence-electron chi connectivity index (χ2n) is 4.99. The Balaban J connectivity index is 1.88. The van der Waals surface area contributed by atoms with Crippen LogP contribution in [0.1, 0.15) is 26.2 Å². The van der Waals surface area contributed by atoms with Gasteiger partial charge in [0.05, 0.1) is 5.52 Å². The number of para-hydroxylation sites is 1. The van der Waals surface area contributed by atoms with E-state index in [0.29, 0.717) is 12.3 Å².